The number of nitrogens with one attached hydrogen (secondary N) is 2. The second-order valence-corrected chi connectivity index (χ2v) is 4.97. The number of fused-ring (bicyclic) bond motifs is 2. The van der Waals surface area contributed by atoms with Crippen molar-refractivity contribution in [3.63, 3.8) is 0 Å². The van der Waals surface area contributed by atoms with E-state index in [-0.39, 0.29) is 0 Å². The average molecular weight is 275 g/mol. The minimum atomic E-state index is 0.699. The molecule has 0 atom stereocenters. The van der Waals surface area contributed by atoms with Gasteiger partial charge in [-0.1, -0.05) is 18.2 Å². The number of rotatable bonds is 2. The molecule has 5 heteroatoms. The molecule has 0 saturated heterocycles. The Labute approximate surface area is 121 Å². The SMILES string of the molecule is Cc1cccc2cc(Nc3[nH]nc4ncccc34)cnc12. The summed E-state index contributed by atoms with van der Waals surface area (Å²) in [6, 6.07) is 12.1. The number of benzene rings is 1. The maximum absolute atomic E-state index is 4.53. The van der Waals surface area contributed by atoms with Crippen molar-refractivity contribution in [2.75, 3.05) is 5.32 Å². The molecule has 2 N–H and O–H groups in total. The first kappa shape index (κ1) is 11.8. The van der Waals surface area contributed by atoms with E-state index in [1.54, 1.807) is 6.20 Å². The summed E-state index contributed by atoms with van der Waals surface area (Å²) in [6.07, 6.45) is 3.56. The molecule has 102 valence electrons. The standard InChI is InChI=1S/C16H13N5/c1-10-4-2-5-11-8-12(9-18-14(10)11)19-16-13-6-3-7-17-15(13)20-21-16/h2-9H,1H3,(H2,17,19,20,21). The molecule has 21 heavy (non-hydrogen) atoms. The molecule has 4 aromatic rings. The molecule has 0 aliphatic heterocycles. The third-order valence-electron chi connectivity index (χ3n) is 3.51. The lowest BCUT2D eigenvalue weighted by Crippen LogP contribution is -1.93. The predicted octanol–water partition coefficient (Wildman–Crippen LogP) is 3.56. The van der Waals surface area contributed by atoms with Crippen molar-refractivity contribution in [2.24, 2.45) is 0 Å². The molecular weight excluding hydrogens is 262 g/mol. The Hall–Kier alpha value is -2.95. The first-order chi connectivity index (χ1) is 10.3. The van der Waals surface area contributed by atoms with Gasteiger partial charge in [-0.3, -0.25) is 10.1 Å². The van der Waals surface area contributed by atoms with E-state index in [0.29, 0.717) is 5.65 Å². The van der Waals surface area contributed by atoms with Gasteiger partial charge in [-0.2, -0.15) is 5.10 Å². The Bertz CT molecular complexity index is 942. The fourth-order valence-electron chi connectivity index (χ4n) is 2.47. The molecular formula is C16H13N5. The Balaban J connectivity index is 1.77. The number of H-pyrrole nitrogens is 1. The van der Waals surface area contributed by atoms with E-state index in [1.807, 2.05) is 24.4 Å². The largest absolute Gasteiger partial charge is 0.339 e. The van der Waals surface area contributed by atoms with E-state index in [2.05, 4.69) is 50.6 Å². The third-order valence-corrected chi connectivity index (χ3v) is 3.51. The van der Waals surface area contributed by atoms with E-state index in [9.17, 15) is 0 Å². The van der Waals surface area contributed by atoms with Gasteiger partial charge in [-0.05, 0) is 30.7 Å². The third kappa shape index (κ3) is 1.99. The monoisotopic (exact) mass is 275 g/mol. The van der Waals surface area contributed by atoms with E-state index < -0.39 is 0 Å². The van der Waals surface area contributed by atoms with Crippen LogP contribution < -0.4 is 5.32 Å². The van der Waals surface area contributed by atoms with Crippen molar-refractivity contribution in [3.05, 3.63) is 54.4 Å². The molecule has 5 nitrogen and oxygen atoms in total. The Morgan fingerprint density at radius 1 is 1.10 bits per heavy atom. The maximum Gasteiger partial charge on any atom is 0.183 e. The van der Waals surface area contributed by atoms with E-state index in [0.717, 1.165) is 27.8 Å². The first-order valence-corrected chi connectivity index (χ1v) is 6.73. The van der Waals surface area contributed by atoms with Gasteiger partial charge in [0, 0.05) is 11.6 Å². The van der Waals surface area contributed by atoms with Crippen LogP contribution in [0, 0.1) is 6.92 Å². The summed E-state index contributed by atoms with van der Waals surface area (Å²) in [6.45, 7) is 2.07. The number of pyridine rings is 2. The molecule has 0 bridgehead atoms. The second-order valence-electron chi connectivity index (χ2n) is 4.97. The molecule has 1 aromatic carbocycles. The molecule has 0 spiro atoms. The van der Waals surface area contributed by atoms with Crippen molar-refractivity contribution in [1.29, 1.82) is 0 Å². The molecule has 0 aliphatic carbocycles. The topological polar surface area (TPSA) is 66.5 Å². The van der Waals surface area contributed by atoms with Gasteiger partial charge in [0.2, 0.25) is 0 Å². The molecule has 0 fully saturated rings. The van der Waals surface area contributed by atoms with Gasteiger partial charge in [0.25, 0.3) is 0 Å². The van der Waals surface area contributed by atoms with Crippen LogP contribution in [0.5, 0.6) is 0 Å². The average Bonchev–Trinajstić information content (AvgIpc) is 2.91. The number of aryl methyl sites for hydroxylation is 1. The smallest absolute Gasteiger partial charge is 0.183 e. The maximum atomic E-state index is 4.53. The Morgan fingerprint density at radius 3 is 3.00 bits per heavy atom. The summed E-state index contributed by atoms with van der Waals surface area (Å²) in [7, 11) is 0. The van der Waals surface area contributed by atoms with Gasteiger partial charge in [0.05, 0.1) is 22.8 Å². The van der Waals surface area contributed by atoms with Crippen LogP contribution in [-0.2, 0) is 0 Å². The number of hydrogen-bond donors (Lipinski definition) is 2. The van der Waals surface area contributed by atoms with Crippen molar-refractivity contribution >= 4 is 33.4 Å². The van der Waals surface area contributed by atoms with Crippen molar-refractivity contribution in [3.8, 4) is 0 Å². The number of aromatic nitrogens is 4. The Morgan fingerprint density at radius 2 is 2.05 bits per heavy atom. The highest BCUT2D eigenvalue weighted by Crippen LogP contribution is 2.24. The highest BCUT2D eigenvalue weighted by atomic mass is 15.2. The molecule has 0 unspecified atom stereocenters. The van der Waals surface area contributed by atoms with Crippen LogP contribution in [0.4, 0.5) is 11.5 Å². The number of para-hydroxylation sites is 1. The molecule has 0 amide bonds. The van der Waals surface area contributed by atoms with Crippen LogP contribution in [0.2, 0.25) is 0 Å². The van der Waals surface area contributed by atoms with Crippen molar-refractivity contribution in [1.82, 2.24) is 20.2 Å². The normalized spacial score (nSPS) is 11.1. The van der Waals surface area contributed by atoms with Crippen LogP contribution >= 0.6 is 0 Å². The number of nitrogens with zero attached hydrogens (tertiary/aromatic N) is 3. The zero-order valence-corrected chi connectivity index (χ0v) is 11.5. The lowest BCUT2D eigenvalue weighted by Gasteiger charge is -2.06. The summed E-state index contributed by atoms with van der Waals surface area (Å²) < 4.78 is 0. The van der Waals surface area contributed by atoms with Gasteiger partial charge in [-0.15, -0.1) is 0 Å². The van der Waals surface area contributed by atoms with Crippen molar-refractivity contribution < 1.29 is 0 Å². The van der Waals surface area contributed by atoms with Crippen molar-refractivity contribution in [2.45, 2.75) is 6.92 Å². The summed E-state index contributed by atoms with van der Waals surface area (Å²) in [5.41, 5.74) is 3.82. The molecule has 0 aliphatic rings. The second kappa shape index (κ2) is 4.56. The lowest BCUT2D eigenvalue weighted by atomic mass is 10.1. The zero-order chi connectivity index (χ0) is 14.2. The van der Waals surface area contributed by atoms with E-state index in [1.165, 1.54) is 5.56 Å². The van der Waals surface area contributed by atoms with Crippen LogP contribution in [0.1, 0.15) is 5.56 Å². The molecule has 0 radical (unpaired) electrons. The predicted molar refractivity (Wildman–Crippen MR) is 83.7 cm³/mol. The fourth-order valence-corrected chi connectivity index (χ4v) is 2.47. The quantitative estimate of drug-likeness (QED) is 0.587. The first-order valence-electron chi connectivity index (χ1n) is 6.73. The number of anilines is 2. The minimum Gasteiger partial charge on any atom is -0.339 e. The van der Waals surface area contributed by atoms with Crippen LogP contribution in [0.25, 0.3) is 21.9 Å². The highest BCUT2D eigenvalue weighted by Gasteiger charge is 2.06. The summed E-state index contributed by atoms with van der Waals surface area (Å²) in [5.74, 6) is 0.826. The van der Waals surface area contributed by atoms with Crippen LogP contribution in [0.3, 0.4) is 0 Å². The number of hydrogen-bond acceptors (Lipinski definition) is 4. The van der Waals surface area contributed by atoms with Crippen LogP contribution in [0.15, 0.2) is 48.8 Å². The summed E-state index contributed by atoms with van der Waals surface area (Å²) in [5, 5.41) is 12.5. The van der Waals surface area contributed by atoms with Crippen LogP contribution in [-0.4, -0.2) is 20.2 Å². The van der Waals surface area contributed by atoms with Gasteiger partial charge in [-0.25, -0.2) is 4.98 Å². The molecule has 3 heterocycles. The number of aromatic amines is 1. The zero-order valence-electron chi connectivity index (χ0n) is 11.5. The van der Waals surface area contributed by atoms with Gasteiger partial charge >= 0.3 is 0 Å². The van der Waals surface area contributed by atoms with Gasteiger partial charge in [0.1, 0.15) is 5.82 Å². The van der Waals surface area contributed by atoms with Gasteiger partial charge in [0.15, 0.2) is 5.65 Å². The van der Waals surface area contributed by atoms with Gasteiger partial charge < -0.3 is 5.32 Å². The fraction of sp³-hybridized carbons (Fsp3) is 0.0625. The molecule has 4 rings (SSSR count). The Kier molecular flexibility index (Phi) is 2.57. The minimum absolute atomic E-state index is 0.699. The lowest BCUT2D eigenvalue weighted by molar-refractivity contribution is 1.10. The summed E-state index contributed by atoms with van der Waals surface area (Å²) in [4.78, 5) is 8.74. The highest BCUT2D eigenvalue weighted by molar-refractivity contribution is 5.90. The van der Waals surface area contributed by atoms with E-state index >= 15 is 0 Å². The van der Waals surface area contributed by atoms with E-state index in [4.69, 9.17) is 0 Å². The molecule has 0 saturated carbocycles. The summed E-state index contributed by atoms with van der Waals surface area (Å²) >= 11 is 0. The molecule has 3 aromatic heterocycles.